The van der Waals surface area contributed by atoms with Crippen molar-refractivity contribution in [2.45, 2.75) is 6.42 Å². The molecule has 0 aliphatic heterocycles. The molecule has 0 atom stereocenters. The predicted octanol–water partition coefficient (Wildman–Crippen LogP) is 0.322. The highest BCUT2D eigenvalue weighted by atomic mass is 16.6. The summed E-state index contributed by atoms with van der Waals surface area (Å²) in [5, 5.41) is 18.3. The molecule has 0 aliphatic rings. The first kappa shape index (κ1) is 13.5. The molecule has 104 valence electrons. The van der Waals surface area contributed by atoms with Gasteiger partial charge in [0.25, 0.3) is 5.91 Å². The van der Waals surface area contributed by atoms with Crippen LogP contribution in [0.4, 0.5) is 5.82 Å². The maximum atomic E-state index is 11.7. The Bertz CT molecular complexity index is 638. The first-order valence-corrected chi connectivity index (χ1v) is 5.77. The second-order valence-corrected chi connectivity index (χ2v) is 3.97. The average Bonchev–Trinajstić information content (AvgIpc) is 2.85. The van der Waals surface area contributed by atoms with Gasteiger partial charge in [0.05, 0.1) is 5.56 Å². The largest absolute Gasteiger partial charge is 0.478 e. The number of aromatic nitrogens is 2. The Balaban J connectivity index is 1.95. The van der Waals surface area contributed by atoms with Crippen LogP contribution in [0.25, 0.3) is 0 Å². The third-order valence-electron chi connectivity index (χ3n) is 2.66. The van der Waals surface area contributed by atoms with Crippen molar-refractivity contribution in [3.8, 4) is 0 Å². The summed E-state index contributed by atoms with van der Waals surface area (Å²) in [6, 6.07) is 6.59. The first-order valence-electron chi connectivity index (χ1n) is 5.77. The maximum absolute atomic E-state index is 11.7. The van der Waals surface area contributed by atoms with E-state index in [1.165, 1.54) is 6.07 Å². The molecular weight excluding hydrogens is 264 g/mol. The summed E-state index contributed by atoms with van der Waals surface area (Å²) < 4.78 is 4.32. The Morgan fingerprint density at radius 2 is 2.05 bits per heavy atom. The lowest BCUT2D eigenvalue weighted by Crippen LogP contribution is -2.27. The number of nitrogens with two attached hydrogens (primary N) is 1. The second kappa shape index (κ2) is 5.83. The lowest BCUT2D eigenvalue weighted by atomic mass is 10.0. The minimum absolute atomic E-state index is 0.0866. The van der Waals surface area contributed by atoms with Gasteiger partial charge >= 0.3 is 5.97 Å². The summed E-state index contributed by atoms with van der Waals surface area (Å²) in [5.74, 6) is -1.61. The molecule has 1 aromatic heterocycles. The molecule has 8 heteroatoms. The number of aromatic carboxylic acids is 1. The van der Waals surface area contributed by atoms with Crippen LogP contribution >= 0.6 is 0 Å². The molecule has 8 nitrogen and oxygen atoms in total. The van der Waals surface area contributed by atoms with Crippen LogP contribution in [0.3, 0.4) is 0 Å². The highest BCUT2D eigenvalue weighted by Gasteiger charge is 2.15. The Morgan fingerprint density at radius 1 is 1.30 bits per heavy atom. The summed E-state index contributed by atoms with van der Waals surface area (Å²) in [5.41, 5.74) is 6.14. The molecule has 1 amide bonds. The van der Waals surface area contributed by atoms with E-state index in [2.05, 4.69) is 20.3 Å². The van der Waals surface area contributed by atoms with Gasteiger partial charge in [0, 0.05) is 6.54 Å². The summed E-state index contributed by atoms with van der Waals surface area (Å²) >= 11 is 0. The molecule has 0 unspecified atom stereocenters. The molecule has 0 fully saturated rings. The van der Waals surface area contributed by atoms with Crippen LogP contribution in [0.1, 0.15) is 26.4 Å². The highest BCUT2D eigenvalue weighted by molar-refractivity contribution is 5.96. The van der Waals surface area contributed by atoms with Crippen molar-refractivity contribution in [2.75, 3.05) is 12.3 Å². The quantitative estimate of drug-likeness (QED) is 0.716. The normalized spacial score (nSPS) is 10.2. The molecule has 1 aromatic carbocycles. The fraction of sp³-hybridized carbons (Fsp3) is 0.167. The zero-order valence-corrected chi connectivity index (χ0v) is 10.4. The van der Waals surface area contributed by atoms with Crippen LogP contribution < -0.4 is 11.1 Å². The van der Waals surface area contributed by atoms with Gasteiger partial charge in [-0.25, -0.2) is 9.42 Å². The van der Waals surface area contributed by atoms with Crippen molar-refractivity contribution in [3.05, 3.63) is 41.1 Å². The molecule has 0 saturated heterocycles. The molecule has 0 radical (unpaired) electrons. The minimum atomic E-state index is -1.00. The predicted molar refractivity (Wildman–Crippen MR) is 68.1 cm³/mol. The van der Waals surface area contributed by atoms with Crippen LogP contribution in [0.5, 0.6) is 0 Å². The minimum Gasteiger partial charge on any atom is -0.478 e. The van der Waals surface area contributed by atoms with Crippen molar-refractivity contribution in [3.63, 3.8) is 0 Å². The maximum Gasteiger partial charge on any atom is 0.335 e. The van der Waals surface area contributed by atoms with Crippen LogP contribution in [0.2, 0.25) is 0 Å². The standard InChI is InChI=1S/C12H12N4O4/c13-10-9(15-20-16-10)11(17)14-6-5-7-3-1-2-4-8(7)12(18)19/h1-4H,5-6H2,(H2,13,16)(H,14,17)(H,18,19). The topological polar surface area (TPSA) is 131 Å². The number of hydrogen-bond donors (Lipinski definition) is 3. The Kier molecular flexibility index (Phi) is 3.94. The van der Waals surface area contributed by atoms with Gasteiger partial charge in [0.2, 0.25) is 11.5 Å². The lowest BCUT2D eigenvalue weighted by molar-refractivity contribution is 0.0695. The highest BCUT2D eigenvalue weighted by Crippen LogP contribution is 2.09. The zero-order valence-electron chi connectivity index (χ0n) is 10.4. The zero-order chi connectivity index (χ0) is 14.5. The van der Waals surface area contributed by atoms with Gasteiger partial charge in [-0.05, 0) is 28.4 Å². The fourth-order valence-electron chi connectivity index (χ4n) is 1.69. The SMILES string of the molecule is Nc1nonc1C(=O)NCCc1ccccc1C(=O)O. The van der Waals surface area contributed by atoms with Gasteiger partial charge in [-0.15, -0.1) is 0 Å². The van der Waals surface area contributed by atoms with Crippen molar-refractivity contribution in [2.24, 2.45) is 0 Å². The molecule has 0 aliphatic carbocycles. The van der Waals surface area contributed by atoms with Crippen LogP contribution in [-0.2, 0) is 6.42 Å². The average molecular weight is 276 g/mol. The van der Waals surface area contributed by atoms with Crippen LogP contribution in [-0.4, -0.2) is 33.8 Å². The van der Waals surface area contributed by atoms with E-state index in [0.29, 0.717) is 12.0 Å². The fourth-order valence-corrected chi connectivity index (χ4v) is 1.69. The first-order chi connectivity index (χ1) is 9.59. The van der Waals surface area contributed by atoms with Crippen molar-refractivity contribution in [1.29, 1.82) is 0 Å². The van der Waals surface area contributed by atoms with Gasteiger partial charge in [-0.1, -0.05) is 18.2 Å². The number of carboxylic acids is 1. The number of hydrogen-bond acceptors (Lipinski definition) is 6. The van der Waals surface area contributed by atoms with E-state index in [0.717, 1.165) is 0 Å². The monoisotopic (exact) mass is 276 g/mol. The molecule has 2 rings (SSSR count). The number of nitrogens with one attached hydrogen (secondary N) is 1. The third-order valence-corrected chi connectivity index (χ3v) is 2.66. The van der Waals surface area contributed by atoms with Gasteiger partial charge in [0.15, 0.2) is 0 Å². The summed E-state index contributed by atoms with van der Waals surface area (Å²) in [4.78, 5) is 22.7. The molecule has 0 bridgehead atoms. The number of carbonyl (C=O) groups excluding carboxylic acids is 1. The smallest absolute Gasteiger partial charge is 0.335 e. The number of anilines is 1. The summed E-state index contributed by atoms with van der Waals surface area (Å²) in [6.45, 7) is 0.245. The molecule has 1 heterocycles. The van der Waals surface area contributed by atoms with Gasteiger partial charge in [-0.3, -0.25) is 4.79 Å². The number of nitrogens with zero attached hydrogens (tertiary/aromatic N) is 2. The molecular formula is C12H12N4O4. The second-order valence-electron chi connectivity index (χ2n) is 3.97. The van der Waals surface area contributed by atoms with E-state index >= 15 is 0 Å². The van der Waals surface area contributed by atoms with Crippen molar-refractivity contribution in [1.82, 2.24) is 15.6 Å². The Morgan fingerprint density at radius 3 is 2.70 bits per heavy atom. The van der Waals surface area contributed by atoms with E-state index in [-0.39, 0.29) is 23.6 Å². The molecule has 0 saturated carbocycles. The van der Waals surface area contributed by atoms with E-state index in [1.807, 2.05) is 0 Å². The van der Waals surface area contributed by atoms with Gasteiger partial charge < -0.3 is 16.2 Å². The van der Waals surface area contributed by atoms with Crippen molar-refractivity contribution < 1.29 is 19.3 Å². The summed E-state index contributed by atoms with van der Waals surface area (Å²) in [6.07, 6.45) is 0.374. The number of nitrogen functional groups attached to an aromatic ring is 1. The number of carboxylic acid groups (broad SMARTS) is 1. The van der Waals surface area contributed by atoms with Crippen LogP contribution in [0.15, 0.2) is 28.9 Å². The summed E-state index contributed by atoms with van der Waals surface area (Å²) in [7, 11) is 0. The van der Waals surface area contributed by atoms with Crippen molar-refractivity contribution >= 4 is 17.7 Å². The number of rotatable bonds is 5. The third kappa shape index (κ3) is 2.91. The van der Waals surface area contributed by atoms with E-state index < -0.39 is 11.9 Å². The van der Waals surface area contributed by atoms with Crippen LogP contribution in [0, 0.1) is 0 Å². The van der Waals surface area contributed by atoms with E-state index in [9.17, 15) is 9.59 Å². The molecule has 4 N–H and O–H groups in total. The van der Waals surface area contributed by atoms with E-state index in [1.54, 1.807) is 18.2 Å². The van der Waals surface area contributed by atoms with E-state index in [4.69, 9.17) is 10.8 Å². The molecule has 2 aromatic rings. The van der Waals surface area contributed by atoms with Gasteiger partial charge in [-0.2, -0.15) is 0 Å². The Hall–Kier alpha value is -2.90. The number of amides is 1. The Labute approximate surface area is 113 Å². The molecule has 20 heavy (non-hydrogen) atoms. The lowest BCUT2D eigenvalue weighted by Gasteiger charge is -2.06. The molecule has 0 spiro atoms. The number of benzene rings is 1. The van der Waals surface area contributed by atoms with Gasteiger partial charge in [0.1, 0.15) is 0 Å². The number of carbonyl (C=O) groups is 2.